The number of benzene rings is 1. The summed E-state index contributed by atoms with van der Waals surface area (Å²) in [5, 5.41) is 5.60. The molecule has 2 amide bonds. The lowest BCUT2D eigenvalue weighted by atomic mass is 10.1. The fourth-order valence-electron chi connectivity index (χ4n) is 2.86. The topological polar surface area (TPSA) is 70.2 Å². The zero-order valence-corrected chi connectivity index (χ0v) is 13.5. The number of nitrogens with zero attached hydrogens (tertiary/aromatic N) is 3. The van der Waals surface area contributed by atoms with Gasteiger partial charge in [0.05, 0.1) is 0 Å². The maximum atomic E-state index is 12.1. The van der Waals surface area contributed by atoms with Gasteiger partial charge in [-0.25, -0.2) is 14.8 Å². The molecular weight excluding hydrogens is 290 g/mol. The quantitative estimate of drug-likeness (QED) is 0.912. The van der Waals surface area contributed by atoms with E-state index in [1.165, 1.54) is 19.2 Å². The summed E-state index contributed by atoms with van der Waals surface area (Å²) in [4.78, 5) is 22.7. The Balaban J connectivity index is 1.66. The average molecular weight is 311 g/mol. The van der Waals surface area contributed by atoms with E-state index in [4.69, 9.17) is 0 Å². The fourth-order valence-corrected chi connectivity index (χ4v) is 2.86. The molecule has 6 nitrogen and oxygen atoms in total. The van der Waals surface area contributed by atoms with Gasteiger partial charge in [-0.15, -0.1) is 0 Å². The van der Waals surface area contributed by atoms with Crippen LogP contribution in [-0.4, -0.2) is 29.1 Å². The SMILES string of the molecule is Cc1cc(C)cc(NC(=O)Nc2cc(N3CCCC3)ncn2)c1. The van der Waals surface area contributed by atoms with Crippen LogP contribution in [-0.2, 0) is 0 Å². The highest BCUT2D eigenvalue weighted by Gasteiger charge is 2.14. The van der Waals surface area contributed by atoms with Crippen LogP contribution in [0, 0.1) is 13.8 Å². The first-order chi connectivity index (χ1) is 11.1. The molecule has 6 heteroatoms. The van der Waals surface area contributed by atoms with E-state index in [0.29, 0.717) is 5.82 Å². The normalized spacial score (nSPS) is 13.9. The third kappa shape index (κ3) is 3.97. The maximum Gasteiger partial charge on any atom is 0.324 e. The van der Waals surface area contributed by atoms with Crippen molar-refractivity contribution in [1.82, 2.24) is 9.97 Å². The Morgan fingerprint density at radius 2 is 1.70 bits per heavy atom. The van der Waals surface area contributed by atoms with Gasteiger partial charge in [0.25, 0.3) is 0 Å². The summed E-state index contributed by atoms with van der Waals surface area (Å²) in [7, 11) is 0. The van der Waals surface area contributed by atoms with Crippen molar-refractivity contribution in [2.24, 2.45) is 0 Å². The van der Waals surface area contributed by atoms with E-state index in [1.807, 2.05) is 32.0 Å². The van der Waals surface area contributed by atoms with E-state index < -0.39 is 0 Å². The molecular formula is C17H21N5O. The monoisotopic (exact) mass is 311 g/mol. The molecule has 1 aromatic heterocycles. The molecule has 0 saturated carbocycles. The molecule has 0 aliphatic carbocycles. The number of hydrogen-bond acceptors (Lipinski definition) is 4. The third-order valence-corrected chi connectivity index (χ3v) is 3.80. The minimum Gasteiger partial charge on any atom is -0.356 e. The average Bonchev–Trinajstić information content (AvgIpc) is 3.00. The Morgan fingerprint density at radius 1 is 1.00 bits per heavy atom. The van der Waals surface area contributed by atoms with E-state index >= 15 is 0 Å². The van der Waals surface area contributed by atoms with E-state index in [1.54, 1.807) is 0 Å². The predicted octanol–water partition coefficient (Wildman–Crippen LogP) is 3.34. The van der Waals surface area contributed by atoms with Crippen molar-refractivity contribution >= 4 is 23.4 Å². The summed E-state index contributed by atoms with van der Waals surface area (Å²) in [5.74, 6) is 1.36. The van der Waals surface area contributed by atoms with Crippen LogP contribution in [0.3, 0.4) is 0 Å². The molecule has 1 aliphatic rings. The molecule has 2 aromatic rings. The van der Waals surface area contributed by atoms with Crippen LogP contribution in [0.5, 0.6) is 0 Å². The number of carbonyl (C=O) groups excluding carboxylic acids is 1. The number of amides is 2. The molecule has 2 N–H and O–H groups in total. The Bertz CT molecular complexity index is 690. The molecule has 1 aromatic carbocycles. The first-order valence-electron chi connectivity index (χ1n) is 7.83. The van der Waals surface area contributed by atoms with Gasteiger partial charge in [0.1, 0.15) is 18.0 Å². The first kappa shape index (κ1) is 15.3. The van der Waals surface area contributed by atoms with Crippen LogP contribution in [0.2, 0.25) is 0 Å². The minimum absolute atomic E-state index is 0.305. The zero-order chi connectivity index (χ0) is 16.2. The van der Waals surface area contributed by atoms with Gasteiger partial charge in [0.2, 0.25) is 0 Å². The molecule has 1 saturated heterocycles. The summed E-state index contributed by atoms with van der Waals surface area (Å²) in [5.41, 5.74) is 2.99. The summed E-state index contributed by atoms with van der Waals surface area (Å²) in [6, 6.07) is 7.44. The molecule has 0 bridgehead atoms. The van der Waals surface area contributed by atoms with Crippen molar-refractivity contribution in [2.45, 2.75) is 26.7 Å². The summed E-state index contributed by atoms with van der Waals surface area (Å²) >= 11 is 0. The fraction of sp³-hybridized carbons (Fsp3) is 0.353. The molecule has 3 rings (SSSR count). The molecule has 1 aliphatic heterocycles. The molecule has 1 fully saturated rings. The van der Waals surface area contributed by atoms with Crippen molar-refractivity contribution in [1.29, 1.82) is 0 Å². The number of rotatable bonds is 3. The van der Waals surface area contributed by atoms with Crippen molar-refractivity contribution in [2.75, 3.05) is 28.6 Å². The van der Waals surface area contributed by atoms with Crippen LogP contribution in [0.4, 0.5) is 22.1 Å². The van der Waals surface area contributed by atoms with Gasteiger partial charge in [-0.3, -0.25) is 5.32 Å². The van der Waals surface area contributed by atoms with Gasteiger partial charge >= 0.3 is 6.03 Å². The summed E-state index contributed by atoms with van der Waals surface area (Å²) in [6.45, 7) is 6.02. The minimum atomic E-state index is -0.305. The number of carbonyl (C=O) groups is 1. The molecule has 0 radical (unpaired) electrons. The molecule has 2 heterocycles. The largest absolute Gasteiger partial charge is 0.356 e. The number of aryl methyl sites for hydroxylation is 2. The number of urea groups is 1. The molecule has 0 unspecified atom stereocenters. The van der Waals surface area contributed by atoms with Crippen LogP contribution >= 0.6 is 0 Å². The second-order valence-electron chi connectivity index (χ2n) is 5.91. The lowest BCUT2D eigenvalue weighted by molar-refractivity contribution is 0.262. The zero-order valence-electron chi connectivity index (χ0n) is 13.5. The molecule has 0 spiro atoms. The Hall–Kier alpha value is -2.63. The van der Waals surface area contributed by atoms with E-state index in [0.717, 1.165) is 35.7 Å². The molecule has 0 atom stereocenters. The van der Waals surface area contributed by atoms with Crippen molar-refractivity contribution in [3.63, 3.8) is 0 Å². The maximum absolute atomic E-state index is 12.1. The van der Waals surface area contributed by atoms with Gasteiger partial charge in [0.15, 0.2) is 0 Å². The van der Waals surface area contributed by atoms with Crippen molar-refractivity contribution in [3.05, 3.63) is 41.7 Å². The third-order valence-electron chi connectivity index (χ3n) is 3.80. The van der Waals surface area contributed by atoms with Crippen LogP contribution in [0.1, 0.15) is 24.0 Å². The first-order valence-corrected chi connectivity index (χ1v) is 7.83. The highest BCUT2D eigenvalue weighted by atomic mass is 16.2. The van der Waals surface area contributed by atoms with Gasteiger partial charge in [-0.05, 0) is 49.9 Å². The van der Waals surface area contributed by atoms with Gasteiger partial charge in [-0.1, -0.05) is 6.07 Å². The predicted molar refractivity (Wildman–Crippen MR) is 92.0 cm³/mol. The van der Waals surface area contributed by atoms with E-state index in [9.17, 15) is 4.79 Å². The van der Waals surface area contributed by atoms with Crippen molar-refractivity contribution < 1.29 is 4.79 Å². The summed E-state index contributed by atoms with van der Waals surface area (Å²) in [6.07, 6.45) is 3.85. The number of hydrogen-bond donors (Lipinski definition) is 2. The van der Waals surface area contributed by atoms with Gasteiger partial charge in [0, 0.05) is 24.8 Å². The van der Waals surface area contributed by atoms with E-state index in [-0.39, 0.29) is 6.03 Å². The van der Waals surface area contributed by atoms with Crippen LogP contribution in [0.15, 0.2) is 30.6 Å². The Morgan fingerprint density at radius 3 is 2.39 bits per heavy atom. The standard InChI is InChI=1S/C17H21N5O/c1-12-7-13(2)9-14(8-12)20-17(23)21-15-10-16(19-11-18-15)22-5-3-4-6-22/h7-11H,3-6H2,1-2H3,(H2,18,19,20,21,23). The Kier molecular flexibility index (Phi) is 4.41. The lowest BCUT2D eigenvalue weighted by Gasteiger charge is -2.16. The second kappa shape index (κ2) is 6.64. The van der Waals surface area contributed by atoms with E-state index in [2.05, 4.69) is 31.6 Å². The van der Waals surface area contributed by atoms with Crippen LogP contribution < -0.4 is 15.5 Å². The van der Waals surface area contributed by atoms with Gasteiger partial charge < -0.3 is 10.2 Å². The highest BCUT2D eigenvalue weighted by molar-refractivity contribution is 5.99. The summed E-state index contributed by atoms with van der Waals surface area (Å²) < 4.78 is 0. The second-order valence-corrected chi connectivity index (χ2v) is 5.91. The van der Waals surface area contributed by atoms with Crippen molar-refractivity contribution in [3.8, 4) is 0 Å². The number of aromatic nitrogens is 2. The smallest absolute Gasteiger partial charge is 0.324 e. The van der Waals surface area contributed by atoms with Gasteiger partial charge in [-0.2, -0.15) is 0 Å². The highest BCUT2D eigenvalue weighted by Crippen LogP contribution is 2.19. The Labute approximate surface area is 135 Å². The van der Waals surface area contributed by atoms with Crippen LogP contribution in [0.25, 0.3) is 0 Å². The number of nitrogens with one attached hydrogen (secondary N) is 2. The molecule has 120 valence electrons. The number of anilines is 3. The lowest BCUT2D eigenvalue weighted by Crippen LogP contribution is -2.22. The molecule has 23 heavy (non-hydrogen) atoms.